The Hall–Kier alpha value is 0.110. The quantitative estimate of drug-likeness (QED) is 0.472. The van der Waals surface area contributed by atoms with Gasteiger partial charge in [0.2, 0.25) is 0 Å². The fourth-order valence-corrected chi connectivity index (χ4v) is 1.34. The second-order valence-corrected chi connectivity index (χ2v) is 5.04. The second-order valence-electron chi connectivity index (χ2n) is 3.96. The van der Waals surface area contributed by atoms with Crippen LogP contribution in [0.2, 0.25) is 0 Å². The van der Waals surface area contributed by atoms with Gasteiger partial charge in [0.05, 0.1) is 27.7 Å². The zero-order chi connectivity index (χ0) is 10.3. The van der Waals surface area contributed by atoms with E-state index in [1.807, 2.05) is 6.92 Å². The molecule has 0 heterocycles. The maximum atomic E-state index is 11.0. The molecule has 0 saturated heterocycles. The number of rotatable bonds is 7. The molecule has 0 aliphatic carbocycles. The van der Waals surface area contributed by atoms with Crippen LogP contribution in [0.4, 0.5) is 0 Å². The lowest BCUT2D eigenvalue weighted by Gasteiger charge is -2.23. The Morgan fingerprint density at radius 3 is 2.15 bits per heavy atom. The lowest BCUT2D eigenvalue weighted by molar-refractivity contribution is -0.870. The van der Waals surface area contributed by atoms with Gasteiger partial charge in [-0.3, -0.25) is 4.57 Å². The topological polar surface area (TPSA) is 35.5 Å². The Morgan fingerprint density at radius 2 is 1.69 bits per heavy atom. The molecule has 0 radical (unpaired) electrons. The molecule has 0 aliphatic heterocycles. The number of likely N-dealkylation sites (N-methyl/N-ethyl adjacent to an activating group) is 1. The van der Waals surface area contributed by atoms with E-state index >= 15 is 0 Å². The molecule has 4 nitrogen and oxygen atoms in total. The molecule has 0 saturated carbocycles. The van der Waals surface area contributed by atoms with E-state index in [1.165, 1.54) is 0 Å². The number of hydrogen-bond donors (Lipinski definition) is 0. The average Bonchev–Trinajstić information content (AvgIpc) is 1.98. The molecule has 0 aromatic heterocycles. The van der Waals surface area contributed by atoms with Crippen molar-refractivity contribution >= 4 is 8.25 Å². The summed E-state index contributed by atoms with van der Waals surface area (Å²) in [5, 5.41) is 0. The molecule has 0 aliphatic rings. The predicted octanol–water partition coefficient (Wildman–Crippen LogP) is 1.53. The highest BCUT2D eigenvalue weighted by Gasteiger charge is 2.07. The van der Waals surface area contributed by atoms with Crippen molar-refractivity contribution < 1.29 is 18.1 Å². The third kappa shape index (κ3) is 10.0. The zero-order valence-corrected chi connectivity index (χ0v) is 10.0. The molecule has 0 aromatic carbocycles. The molecule has 80 valence electrons. The van der Waals surface area contributed by atoms with Crippen LogP contribution in [0.1, 0.15) is 13.3 Å². The second kappa shape index (κ2) is 6.55. The van der Waals surface area contributed by atoms with Crippen molar-refractivity contribution in [2.45, 2.75) is 13.3 Å². The molecule has 5 heteroatoms. The fraction of sp³-hybridized carbons (Fsp3) is 1.00. The summed E-state index contributed by atoms with van der Waals surface area (Å²) < 4.78 is 21.8. The van der Waals surface area contributed by atoms with Crippen LogP contribution in [0.3, 0.4) is 0 Å². The monoisotopic (exact) mass is 210 g/mol. The van der Waals surface area contributed by atoms with Gasteiger partial charge in [0.1, 0.15) is 13.2 Å². The van der Waals surface area contributed by atoms with Gasteiger partial charge in [-0.15, -0.1) is 0 Å². The van der Waals surface area contributed by atoms with Crippen LogP contribution in [-0.2, 0) is 13.6 Å². The Labute approximate surface area is 81.4 Å². The van der Waals surface area contributed by atoms with Gasteiger partial charge in [-0.05, 0) is 6.42 Å². The third-order valence-corrected chi connectivity index (χ3v) is 2.29. The molecule has 1 unspecified atom stereocenters. The molecule has 0 fully saturated rings. The Kier molecular flexibility index (Phi) is 6.60. The largest absolute Gasteiger partial charge is 0.329 e. The van der Waals surface area contributed by atoms with Gasteiger partial charge in [0.15, 0.2) is 0 Å². The highest BCUT2D eigenvalue weighted by atomic mass is 31.1. The van der Waals surface area contributed by atoms with Crippen LogP contribution in [0.25, 0.3) is 0 Å². The van der Waals surface area contributed by atoms with E-state index in [2.05, 4.69) is 21.1 Å². The number of quaternary nitrogens is 1. The zero-order valence-electron chi connectivity index (χ0n) is 9.00. The maximum Gasteiger partial charge on any atom is 0.319 e. The summed E-state index contributed by atoms with van der Waals surface area (Å²) in [5.74, 6) is 0. The number of nitrogens with zero attached hydrogens (tertiary/aromatic N) is 1. The highest BCUT2D eigenvalue weighted by Crippen LogP contribution is 2.23. The van der Waals surface area contributed by atoms with E-state index in [-0.39, 0.29) is 0 Å². The molecular weight excluding hydrogens is 189 g/mol. The van der Waals surface area contributed by atoms with E-state index in [0.29, 0.717) is 13.2 Å². The molecule has 0 bridgehead atoms. The van der Waals surface area contributed by atoms with E-state index in [1.54, 1.807) is 0 Å². The first-order valence-corrected chi connectivity index (χ1v) is 5.78. The summed E-state index contributed by atoms with van der Waals surface area (Å²) in [4.78, 5) is 0. The van der Waals surface area contributed by atoms with E-state index < -0.39 is 8.25 Å². The van der Waals surface area contributed by atoms with Crippen molar-refractivity contribution in [3.05, 3.63) is 0 Å². The molecular formula is C8H21NO3P+. The summed E-state index contributed by atoms with van der Waals surface area (Å²) in [5.41, 5.74) is 0. The first-order valence-electron chi connectivity index (χ1n) is 4.55. The first-order chi connectivity index (χ1) is 5.95. The Bertz CT molecular complexity index is 156. The first kappa shape index (κ1) is 13.1. The van der Waals surface area contributed by atoms with Crippen LogP contribution in [-0.4, -0.2) is 45.4 Å². The van der Waals surface area contributed by atoms with Crippen LogP contribution in [0.5, 0.6) is 0 Å². The van der Waals surface area contributed by atoms with Crippen molar-refractivity contribution in [1.29, 1.82) is 0 Å². The van der Waals surface area contributed by atoms with Crippen LogP contribution < -0.4 is 0 Å². The van der Waals surface area contributed by atoms with E-state index in [0.717, 1.165) is 17.4 Å². The van der Waals surface area contributed by atoms with Crippen LogP contribution >= 0.6 is 8.25 Å². The molecule has 0 spiro atoms. The van der Waals surface area contributed by atoms with Crippen molar-refractivity contribution in [3.8, 4) is 0 Å². The minimum absolute atomic E-state index is 0.491. The summed E-state index contributed by atoms with van der Waals surface area (Å²) in [6.45, 7) is 3.82. The standard InChI is InChI=1S/C8H21NO3P/c1-5-7-11-13(10)12-8-6-9(2,3)4/h13H,5-8H2,1-4H3/q+1. The normalized spacial score (nSPS) is 14.5. The smallest absolute Gasteiger partial charge is 0.319 e. The highest BCUT2D eigenvalue weighted by molar-refractivity contribution is 7.33. The molecule has 1 atom stereocenters. The number of hydrogen-bond acceptors (Lipinski definition) is 3. The summed E-state index contributed by atoms with van der Waals surface area (Å²) in [7, 11) is 3.95. The van der Waals surface area contributed by atoms with Crippen molar-refractivity contribution in [2.75, 3.05) is 40.9 Å². The van der Waals surface area contributed by atoms with Gasteiger partial charge >= 0.3 is 8.25 Å². The van der Waals surface area contributed by atoms with Gasteiger partial charge in [-0.2, -0.15) is 0 Å². The molecule has 13 heavy (non-hydrogen) atoms. The summed E-state index contributed by atoms with van der Waals surface area (Å²) in [6, 6.07) is 0. The van der Waals surface area contributed by atoms with Crippen LogP contribution in [0, 0.1) is 0 Å². The lowest BCUT2D eigenvalue weighted by atomic mass is 10.5. The lowest BCUT2D eigenvalue weighted by Crippen LogP contribution is -2.37. The average molecular weight is 210 g/mol. The molecule has 0 amide bonds. The van der Waals surface area contributed by atoms with Crippen molar-refractivity contribution in [3.63, 3.8) is 0 Å². The van der Waals surface area contributed by atoms with Crippen LogP contribution in [0.15, 0.2) is 0 Å². The van der Waals surface area contributed by atoms with E-state index in [4.69, 9.17) is 9.05 Å². The minimum Gasteiger partial charge on any atom is -0.329 e. The molecule has 0 rings (SSSR count). The Balaban J connectivity index is 3.37. The van der Waals surface area contributed by atoms with Crippen molar-refractivity contribution in [1.82, 2.24) is 0 Å². The van der Waals surface area contributed by atoms with E-state index in [9.17, 15) is 4.57 Å². The van der Waals surface area contributed by atoms with Gasteiger partial charge in [0, 0.05) is 0 Å². The van der Waals surface area contributed by atoms with Gasteiger partial charge in [0.25, 0.3) is 0 Å². The molecule has 0 N–H and O–H groups in total. The Morgan fingerprint density at radius 1 is 1.15 bits per heavy atom. The molecule has 0 aromatic rings. The van der Waals surface area contributed by atoms with Crippen molar-refractivity contribution in [2.24, 2.45) is 0 Å². The maximum absolute atomic E-state index is 11.0. The summed E-state index contributed by atoms with van der Waals surface area (Å²) >= 11 is 0. The summed E-state index contributed by atoms with van der Waals surface area (Å²) in [6.07, 6.45) is 0.870. The minimum atomic E-state index is -2.23. The fourth-order valence-electron chi connectivity index (χ4n) is 0.630. The van der Waals surface area contributed by atoms with Gasteiger partial charge in [-0.25, -0.2) is 0 Å². The third-order valence-electron chi connectivity index (χ3n) is 1.41. The van der Waals surface area contributed by atoms with Gasteiger partial charge in [-0.1, -0.05) is 6.92 Å². The predicted molar refractivity (Wildman–Crippen MR) is 54.1 cm³/mol. The van der Waals surface area contributed by atoms with Gasteiger partial charge < -0.3 is 13.5 Å². The SMILES string of the molecule is CCCO[PH](=O)OCC[N+](C)(C)C.